The van der Waals surface area contributed by atoms with Gasteiger partial charge in [-0.25, -0.2) is 9.97 Å². The Labute approximate surface area is 137 Å². The fourth-order valence-corrected chi connectivity index (χ4v) is 3.11. The minimum absolute atomic E-state index is 0.415. The third-order valence-corrected chi connectivity index (χ3v) is 4.42. The number of anilines is 2. The lowest BCUT2D eigenvalue weighted by Gasteiger charge is -2.29. The summed E-state index contributed by atoms with van der Waals surface area (Å²) in [7, 11) is 0. The Morgan fingerprint density at radius 1 is 1.13 bits per heavy atom. The SMILES string of the molecule is OC(CNc1cc(N2CCCCC2)ncn1)CN1CCOCC1. The van der Waals surface area contributed by atoms with Crippen LogP contribution in [0.4, 0.5) is 11.6 Å². The Morgan fingerprint density at radius 3 is 2.70 bits per heavy atom. The van der Waals surface area contributed by atoms with Gasteiger partial charge in [0.05, 0.1) is 19.3 Å². The minimum atomic E-state index is -0.415. The number of hydrogen-bond donors (Lipinski definition) is 2. The van der Waals surface area contributed by atoms with Crippen molar-refractivity contribution in [1.29, 1.82) is 0 Å². The Kier molecular flexibility index (Phi) is 6.01. The van der Waals surface area contributed by atoms with Crippen molar-refractivity contribution >= 4 is 11.6 Å². The molecule has 1 atom stereocenters. The molecule has 2 aliphatic rings. The number of β-amino-alcohol motifs (C(OH)–C–C–N with tert-alkyl or cyclic N) is 1. The number of morpholine rings is 1. The number of ether oxygens (including phenoxy) is 1. The van der Waals surface area contributed by atoms with E-state index in [4.69, 9.17) is 4.74 Å². The lowest BCUT2D eigenvalue weighted by molar-refractivity contribution is 0.0171. The molecule has 0 aromatic carbocycles. The molecule has 2 N–H and O–H groups in total. The van der Waals surface area contributed by atoms with Gasteiger partial charge in [0, 0.05) is 45.3 Å². The number of aromatic nitrogens is 2. The molecule has 7 nitrogen and oxygen atoms in total. The van der Waals surface area contributed by atoms with Gasteiger partial charge in [-0.05, 0) is 19.3 Å². The Hall–Kier alpha value is -1.44. The molecule has 128 valence electrons. The third kappa shape index (κ3) is 5.02. The average molecular weight is 321 g/mol. The van der Waals surface area contributed by atoms with Gasteiger partial charge >= 0.3 is 0 Å². The van der Waals surface area contributed by atoms with E-state index in [9.17, 15) is 5.11 Å². The van der Waals surface area contributed by atoms with Gasteiger partial charge in [-0.2, -0.15) is 0 Å². The zero-order chi connectivity index (χ0) is 15.9. The maximum absolute atomic E-state index is 10.2. The number of aliphatic hydroxyl groups excluding tert-OH is 1. The fraction of sp³-hybridized carbons (Fsp3) is 0.750. The Morgan fingerprint density at radius 2 is 1.91 bits per heavy atom. The number of aliphatic hydroxyl groups is 1. The topological polar surface area (TPSA) is 73.8 Å². The third-order valence-electron chi connectivity index (χ3n) is 4.42. The van der Waals surface area contributed by atoms with Crippen molar-refractivity contribution in [2.45, 2.75) is 25.4 Å². The molecule has 3 heterocycles. The molecule has 3 rings (SSSR count). The van der Waals surface area contributed by atoms with Crippen LogP contribution in [0.1, 0.15) is 19.3 Å². The zero-order valence-corrected chi connectivity index (χ0v) is 13.7. The second kappa shape index (κ2) is 8.42. The fourth-order valence-electron chi connectivity index (χ4n) is 3.11. The van der Waals surface area contributed by atoms with Crippen LogP contribution in [0.2, 0.25) is 0 Å². The van der Waals surface area contributed by atoms with Crippen molar-refractivity contribution in [2.75, 3.05) is 62.7 Å². The molecule has 23 heavy (non-hydrogen) atoms. The molecule has 0 radical (unpaired) electrons. The number of piperidine rings is 1. The van der Waals surface area contributed by atoms with Crippen LogP contribution in [-0.2, 0) is 4.74 Å². The highest BCUT2D eigenvalue weighted by Crippen LogP contribution is 2.19. The van der Waals surface area contributed by atoms with Crippen LogP contribution in [-0.4, -0.2) is 78.6 Å². The van der Waals surface area contributed by atoms with Crippen LogP contribution >= 0.6 is 0 Å². The summed E-state index contributed by atoms with van der Waals surface area (Å²) in [5.74, 6) is 1.76. The number of rotatable bonds is 6. The molecule has 0 amide bonds. The second-order valence-electron chi connectivity index (χ2n) is 6.26. The van der Waals surface area contributed by atoms with Gasteiger partial charge in [-0.15, -0.1) is 0 Å². The molecule has 7 heteroatoms. The van der Waals surface area contributed by atoms with Crippen molar-refractivity contribution in [2.24, 2.45) is 0 Å². The van der Waals surface area contributed by atoms with Crippen molar-refractivity contribution < 1.29 is 9.84 Å². The van der Waals surface area contributed by atoms with E-state index in [1.165, 1.54) is 19.3 Å². The van der Waals surface area contributed by atoms with E-state index in [0.717, 1.165) is 51.0 Å². The molecule has 1 aromatic rings. The summed E-state index contributed by atoms with van der Waals surface area (Å²) in [5.41, 5.74) is 0. The van der Waals surface area contributed by atoms with E-state index in [1.807, 2.05) is 6.07 Å². The van der Waals surface area contributed by atoms with E-state index in [2.05, 4.69) is 25.1 Å². The Bertz CT molecular complexity index is 475. The first kappa shape index (κ1) is 16.4. The highest BCUT2D eigenvalue weighted by molar-refractivity contribution is 5.48. The van der Waals surface area contributed by atoms with Crippen molar-refractivity contribution in [1.82, 2.24) is 14.9 Å². The monoisotopic (exact) mass is 321 g/mol. The molecule has 0 saturated carbocycles. The first-order valence-electron chi connectivity index (χ1n) is 8.60. The molecular formula is C16H27N5O2. The summed E-state index contributed by atoms with van der Waals surface area (Å²) in [6, 6.07) is 1.98. The highest BCUT2D eigenvalue weighted by atomic mass is 16.5. The second-order valence-corrected chi connectivity index (χ2v) is 6.26. The number of nitrogens with one attached hydrogen (secondary N) is 1. The lowest BCUT2D eigenvalue weighted by Crippen LogP contribution is -2.42. The summed E-state index contributed by atoms with van der Waals surface area (Å²) in [4.78, 5) is 13.2. The van der Waals surface area contributed by atoms with Crippen LogP contribution in [0.3, 0.4) is 0 Å². The van der Waals surface area contributed by atoms with E-state index in [0.29, 0.717) is 13.1 Å². The molecule has 2 aliphatic heterocycles. The first-order valence-corrected chi connectivity index (χ1v) is 8.60. The zero-order valence-electron chi connectivity index (χ0n) is 13.7. The molecule has 0 spiro atoms. The summed E-state index contributed by atoms with van der Waals surface area (Å²) >= 11 is 0. The summed E-state index contributed by atoms with van der Waals surface area (Å²) in [5, 5.41) is 13.4. The quantitative estimate of drug-likeness (QED) is 0.793. The van der Waals surface area contributed by atoms with Crippen LogP contribution in [0, 0.1) is 0 Å². The van der Waals surface area contributed by atoms with E-state index >= 15 is 0 Å². The lowest BCUT2D eigenvalue weighted by atomic mass is 10.1. The molecule has 0 aliphatic carbocycles. The summed E-state index contributed by atoms with van der Waals surface area (Å²) < 4.78 is 5.32. The summed E-state index contributed by atoms with van der Waals surface area (Å²) in [6.07, 6.45) is 4.94. The van der Waals surface area contributed by atoms with Gasteiger partial charge in [-0.3, -0.25) is 4.90 Å². The van der Waals surface area contributed by atoms with Crippen LogP contribution in [0.5, 0.6) is 0 Å². The smallest absolute Gasteiger partial charge is 0.134 e. The van der Waals surface area contributed by atoms with E-state index in [1.54, 1.807) is 6.33 Å². The molecule has 2 fully saturated rings. The first-order chi connectivity index (χ1) is 11.3. The van der Waals surface area contributed by atoms with Crippen molar-refractivity contribution in [3.05, 3.63) is 12.4 Å². The maximum atomic E-state index is 10.2. The Balaban J connectivity index is 1.47. The minimum Gasteiger partial charge on any atom is -0.390 e. The molecule has 2 saturated heterocycles. The molecule has 0 bridgehead atoms. The van der Waals surface area contributed by atoms with E-state index in [-0.39, 0.29) is 0 Å². The van der Waals surface area contributed by atoms with Crippen molar-refractivity contribution in [3.63, 3.8) is 0 Å². The van der Waals surface area contributed by atoms with Gasteiger partial charge in [0.2, 0.25) is 0 Å². The van der Waals surface area contributed by atoms with Crippen LogP contribution in [0.15, 0.2) is 12.4 Å². The van der Waals surface area contributed by atoms with Gasteiger partial charge in [0.1, 0.15) is 18.0 Å². The predicted molar refractivity (Wildman–Crippen MR) is 89.9 cm³/mol. The van der Waals surface area contributed by atoms with Gasteiger partial charge in [-0.1, -0.05) is 0 Å². The average Bonchev–Trinajstić information content (AvgIpc) is 2.62. The molecular weight excluding hydrogens is 294 g/mol. The number of nitrogens with zero attached hydrogens (tertiary/aromatic N) is 4. The standard InChI is InChI=1S/C16H27N5O2/c22-14(12-20-6-8-23-9-7-20)11-17-15-10-16(19-13-18-15)21-4-2-1-3-5-21/h10,13-14,22H,1-9,11-12H2,(H,17,18,19). The van der Waals surface area contributed by atoms with E-state index < -0.39 is 6.10 Å². The van der Waals surface area contributed by atoms with Gasteiger partial charge in [0.15, 0.2) is 0 Å². The summed E-state index contributed by atoms with van der Waals surface area (Å²) in [6.45, 7) is 6.59. The number of hydrogen-bond acceptors (Lipinski definition) is 7. The molecule has 1 aromatic heterocycles. The highest BCUT2D eigenvalue weighted by Gasteiger charge is 2.16. The maximum Gasteiger partial charge on any atom is 0.134 e. The van der Waals surface area contributed by atoms with Crippen LogP contribution in [0.25, 0.3) is 0 Å². The van der Waals surface area contributed by atoms with Gasteiger partial charge in [0.25, 0.3) is 0 Å². The predicted octanol–water partition coefficient (Wildman–Crippen LogP) is 0.572. The largest absolute Gasteiger partial charge is 0.390 e. The normalized spacial score (nSPS) is 21.2. The molecule has 1 unspecified atom stereocenters. The van der Waals surface area contributed by atoms with Crippen LogP contribution < -0.4 is 10.2 Å². The van der Waals surface area contributed by atoms with Gasteiger partial charge < -0.3 is 20.1 Å². The van der Waals surface area contributed by atoms with Crippen molar-refractivity contribution in [3.8, 4) is 0 Å².